The van der Waals surface area contributed by atoms with Gasteiger partial charge in [0.2, 0.25) is 5.91 Å². The highest BCUT2D eigenvalue weighted by atomic mass is 16.2. The number of aliphatic imine (C=N–C) groups is 1. The second-order valence-corrected chi connectivity index (χ2v) is 7.77. The Kier molecular flexibility index (Phi) is 6.30. The maximum Gasteiger partial charge on any atom is 0.240 e. The fourth-order valence-electron chi connectivity index (χ4n) is 4.29. The van der Waals surface area contributed by atoms with E-state index in [2.05, 4.69) is 74.8 Å². The number of likely N-dealkylation sites (N-methyl/N-ethyl adjacent to an activating group) is 1. The van der Waals surface area contributed by atoms with Gasteiger partial charge in [0, 0.05) is 32.7 Å². The second-order valence-electron chi connectivity index (χ2n) is 7.77. The molecule has 0 saturated carbocycles. The van der Waals surface area contributed by atoms with Gasteiger partial charge in [0.25, 0.3) is 0 Å². The molecule has 0 aromatic heterocycles. The summed E-state index contributed by atoms with van der Waals surface area (Å²) in [5.41, 5.74) is 1.29. The van der Waals surface area contributed by atoms with Gasteiger partial charge in [-0.1, -0.05) is 49.4 Å². The summed E-state index contributed by atoms with van der Waals surface area (Å²) in [5, 5.41) is 9.07. The molecule has 29 heavy (non-hydrogen) atoms. The molecule has 1 fully saturated rings. The Bertz CT molecular complexity index is 880. The number of guanidine groups is 1. The van der Waals surface area contributed by atoms with Gasteiger partial charge in [0.05, 0.1) is 12.6 Å². The molecule has 1 atom stereocenters. The second kappa shape index (κ2) is 9.27. The Morgan fingerprint density at radius 2 is 2.03 bits per heavy atom. The van der Waals surface area contributed by atoms with Gasteiger partial charge in [-0.2, -0.15) is 0 Å². The van der Waals surface area contributed by atoms with Crippen LogP contribution in [0.2, 0.25) is 0 Å². The minimum atomic E-state index is -0.0418. The van der Waals surface area contributed by atoms with E-state index in [1.807, 2.05) is 0 Å². The first kappa shape index (κ1) is 19.7. The van der Waals surface area contributed by atoms with Crippen molar-refractivity contribution < 1.29 is 4.79 Å². The lowest BCUT2D eigenvalue weighted by molar-refractivity contribution is -0.141. The molecule has 0 bridgehead atoms. The lowest BCUT2D eigenvalue weighted by atomic mass is 10.0. The number of rotatable bonds is 7. The number of benzene rings is 2. The first-order chi connectivity index (χ1) is 14.2. The van der Waals surface area contributed by atoms with Crippen LogP contribution in [0.4, 0.5) is 0 Å². The molecule has 0 spiro atoms. The van der Waals surface area contributed by atoms with Gasteiger partial charge in [-0.15, -0.1) is 0 Å². The van der Waals surface area contributed by atoms with Crippen molar-refractivity contribution in [2.24, 2.45) is 4.99 Å². The highest BCUT2D eigenvalue weighted by Crippen LogP contribution is 2.18. The Balaban J connectivity index is 1.34. The normalized spacial score (nSPS) is 20.0. The Hall–Kier alpha value is -2.60. The molecule has 2 aliphatic rings. The molecular formula is C23H31N5O. The fourth-order valence-corrected chi connectivity index (χ4v) is 4.29. The van der Waals surface area contributed by atoms with Crippen molar-refractivity contribution in [3.05, 3.63) is 48.0 Å². The Morgan fingerprint density at radius 3 is 2.83 bits per heavy atom. The van der Waals surface area contributed by atoms with Crippen LogP contribution in [0.15, 0.2) is 47.5 Å². The SMILES string of the molecule is CCN1CCN(CCc2ccc3ccccc3c2)C(=O)[C@@H]1CCNC1=NCCN1. The number of nitrogens with one attached hydrogen (secondary N) is 2. The van der Waals surface area contributed by atoms with E-state index in [9.17, 15) is 4.79 Å². The van der Waals surface area contributed by atoms with Crippen molar-refractivity contribution in [1.29, 1.82) is 0 Å². The van der Waals surface area contributed by atoms with Crippen LogP contribution in [0.25, 0.3) is 10.8 Å². The van der Waals surface area contributed by atoms with Crippen LogP contribution in [-0.2, 0) is 11.2 Å². The van der Waals surface area contributed by atoms with Crippen LogP contribution in [0.3, 0.4) is 0 Å². The standard InChI is InChI=1S/C23H31N5O/c1-2-27-15-16-28(22(29)21(27)9-11-24-23-25-12-13-26-23)14-10-18-7-8-19-5-3-4-6-20(19)17-18/h3-8,17,21H,2,9-16H2,1H3,(H2,24,25,26)/t21-/m0/s1. The number of amides is 1. The van der Waals surface area contributed by atoms with Crippen LogP contribution in [0.5, 0.6) is 0 Å². The summed E-state index contributed by atoms with van der Waals surface area (Å²) in [6.45, 7) is 8.09. The predicted molar refractivity (Wildman–Crippen MR) is 118 cm³/mol. The molecule has 0 radical (unpaired) electrons. The summed E-state index contributed by atoms with van der Waals surface area (Å²) in [5.74, 6) is 1.13. The van der Waals surface area contributed by atoms with E-state index in [4.69, 9.17) is 0 Å². The first-order valence-corrected chi connectivity index (χ1v) is 10.8. The molecule has 1 amide bonds. The molecule has 2 aromatic carbocycles. The van der Waals surface area contributed by atoms with E-state index in [0.29, 0.717) is 0 Å². The number of piperazine rings is 1. The molecule has 2 aromatic rings. The quantitative estimate of drug-likeness (QED) is 0.754. The first-order valence-electron chi connectivity index (χ1n) is 10.8. The topological polar surface area (TPSA) is 60.0 Å². The van der Waals surface area contributed by atoms with Gasteiger partial charge < -0.3 is 15.5 Å². The lowest BCUT2D eigenvalue weighted by Gasteiger charge is -2.40. The zero-order chi connectivity index (χ0) is 20.1. The van der Waals surface area contributed by atoms with E-state index in [0.717, 1.165) is 64.6 Å². The van der Waals surface area contributed by atoms with Gasteiger partial charge in [-0.25, -0.2) is 0 Å². The maximum absolute atomic E-state index is 13.2. The molecule has 154 valence electrons. The highest BCUT2D eigenvalue weighted by molar-refractivity contribution is 5.84. The highest BCUT2D eigenvalue weighted by Gasteiger charge is 2.33. The molecule has 0 unspecified atom stereocenters. The number of hydrogen-bond donors (Lipinski definition) is 2. The summed E-state index contributed by atoms with van der Waals surface area (Å²) < 4.78 is 0. The average Bonchev–Trinajstić information content (AvgIpc) is 3.27. The van der Waals surface area contributed by atoms with E-state index < -0.39 is 0 Å². The summed E-state index contributed by atoms with van der Waals surface area (Å²) in [6.07, 6.45) is 1.70. The van der Waals surface area contributed by atoms with E-state index in [1.54, 1.807) is 0 Å². The molecule has 2 heterocycles. The zero-order valence-electron chi connectivity index (χ0n) is 17.2. The number of nitrogens with zero attached hydrogens (tertiary/aromatic N) is 3. The van der Waals surface area contributed by atoms with Gasteiger partial charge in [0.15, 0.2) is 5.96 Å². The lowest BCUT2D eigenvalue weighted by Crippen LogP contribution is -2.58. The van der Waals surface area contributed by atoms with Crippen molar-refractivity contribution in [2.75, 3.05) is 45.8 Å². The number of hydrogen-bond acceptors (Lipinski definition) is 5. The van der Waals surface area contributed by atoms with Crippen molar-refractivity contribution in [1.82, 2.24) is 20.4 Å². The number of fused-ring (bicyclic) bond motifs is 1. The van der Waals surface area contributed by atoms with Crippen molar-refractivity contribution in [3.63, 3.8) is 0 Å². The summed E-state index contributed by atoms with van der Waals surface area (Å²) in [4.78, 5) is 21.9. The molecule has 2 N–H and O–H groups in total. The predicted octanol–water partition coefficient (Wildman–Crippen LogP) is 1.85. The summed E-state index contributed by atoms with van der Waals surface area (Å²) in [7, 11) is 0. The van der Waals surface area contributed by atoms with Crippen LogP contribution >= 0.6 is 0 Å². The molecule has 1 saturated heterocycles. The molecule has 6 nitrogen and oxygen atoms in total. The largest absolute Gasteiger partial charge is 0.356 e. The monoisotopic (exact) mass is 393 g/mol. The molecule has 0 aliphatic carbocycles. The Morgan fingerprint density at radius 1 is 1.17 bits per heavy atom. The molecule has 6 heteroatoms. The van der Waals surface area contributed by atoms with Gasteiger partial charge in [-0.05, 0) is 35.7 Å². The van der Waals surface area contributed by atoms with Crippen LogP contribution in [0.1, 0.15) is 18.9 Å². The van der Waals surface area contributed by atoms with Crippen LogP contribution < -0.4 is 10.6 Å². The third kappa shape index (κ3) is 4.70. The third-order valence-electron chi connectivity index (χ3n) is 5.97. The van der Waals surface area contributed by atoms with Crippen LogP contribution in [-0.4, -0.2) is 73.5 Å². The van der Waals surface area contributed by atoms with Crippen LogP contribution in [0, 0.1) is 0 Å². The van der Waals surface area contributed by atoms with Crippen molar-refractivity contribution in [2.45, 2.75) is 25.8 Å². The van der Waals surface area contributed by atoms with Gasteiger partial charge >= 0.3 is 0 Å². The summed E-state index contributed by atoms with van der Waals surface area (Å²) >= 11 is 0. The molecular weight excluding hydrogens is 362 g/mol. The summed E-state index contributed by atoms with van der Waals surface area (Å²) in [6, 6.07) is 15.0. The minimum absolute atomic E-state index is 0.0418. The van der Waals surface area contributed by atoms with Gasteiger partial charge in [0.1, 0.15) is 0 Å². The fraction of sp³-hybridized carbons (Fsp3) is 0.478. The number of carbonyl (C=O) groups excluding carboxylic acids is 1. The Labute approximate surface area is 173 Å². The molecule has 4 rings (SSSR count). The van der Waals surface area contributed by atoms with Crippen molar-refractivity contribution >= 4 is 22.6 Å². The smallest absolute Gasteiger partial charge is 0.240 e. The van der Waals surface area contributed by atoms with E-state index in [-0.39, 0.29) is 11.9 Å². The zero-order valence-corrected chi connectivity index (χ0v) is 17.2. The molecule has 2 aliphatic heterocycles. The van der Waals surface area contributed by atoms with Gasteiger partial charge in [-0.3, -0.25) is 14.7 Å². The minimum Gasteiger partial charge on any atom is -0.356 e. The maximum atomic E-state index is 13.2. The van der Waals surface area contributed by atoms with Crippen molar-refractivity contribution in [3.8, 4) is 0 Å². The number of carbonyl (C=O) groups is 1. The van der Waals surface area contributed by atoms with E-state index in [1.165, 1.54) is 16.3 Å². The van der Waals surface area contributed by atoms with E-state index >= 15 is 0 Å². The average molecular weight is 394 g/mol. The third-order valence-corrected chi connectivity index (χ3v) is 5.97.